The quantitative estimate of drug-likeness (QED) is 0.562. The van der Waals surface area contributed by atoms with E-state index in [0.717, 1.165) is 16.7 Å². The van der Waals surface area contributed by atoms with E-state index < -0.39 is 18.0 Å². The molecule has 30 heavy (non-hydrogen) atoms. The van der Waals surface area contributed by atoms with Gasteiger partial charge in [0.05, 0.1) is 7.11 Å². The molecule has 154 valence electrons. The Labute approximate surface area is 177 Å². The Bertz CT molecular complexity index is 891. The molecular formula is C25H26N2O3. The number of carbonyl (C=O) groups is 2. The summed E-state index contributed by atoms with van der Waals surface area (Å²) in [6.07, 6.45) is 0.363. The molecule has 5 nitrogen and oxygen atoms in total. The fraction of sp³-hybridized carbons (Fsp3) is 0.200. The maximum atomic E-state index is 12.6. The van der Waals surface area contributed by atoms with E-state index in [0.29, 0.717) is 13.0 Å². The molecule has 3 aromatic carbocycles. The normalized spacial score (nSPS) is 11.5. The second-order valence-electron chi connectivity index (χ2n) is 6.99. The molecule has 0 heterocycles. The number of ether oxygens (including phenoxy) is 1. The zero-order valence-corrected chi connectivity index (χ0v) is 17.0. The highest BCUT2D eigenvalue weighted by molar-refractivity contribution is 5.83. The summed E-state index contributed by atoms with van der Waals surface area (Å²) >= 11 is 0. The van der Waals surface area contributed by atoms with Crippen LogP contribution in [0.3, 0.4) is 0 Å². The molecule has 0 aromatic heterocycles. The molecule has 0 aliphatic carbocycles. The minimum Gasteiger partial charge on any atom is -0.467 e. The lowest BCUT2D eigenvalue weighted by molar-refractivity contribution is -0.142. The van der Waals surface area contributed by atoms with Gasteiger partial charge in [-0.05, 0) is 16.7 Å². The summed E-state index contributed by atoms with van der Waals surface area (Å²) < 4.78 is 4.87. The van der Waals surface area contributed by atoms with Crippen molar-refractivity contribution in [2.24, 2.45) is 0 Å². The molecule has 0 fully saturated rings. The predicted octanol–water partition coefficient (Wildman–Crippen LogP) is 3.90. The standard InChI is InChI=1S/C25H26N2O3/c1-30-24(28)23(17-19-11-5-2-6-12-19)27-25(29)26-18-22(20-13-7-3-8-14-20)21-15-9-4-10-16-21/h2-16,22-23H,17-18H2,1H3,(H2,26,27,29)/t23-/m0/s1. The molecule has 0 radical (unpaired) electrons. The van der Waals surface area contributed by atoms with Crippen molar-refractivity contribution in [3.05, 3.63) is 108 Å². The fourth-order valence-electron chi connectivity index (χ4n) is 3.39. The van der Waals surface area contributed by atoms with Crippen LogP contribution in [0.2, 0.25) is 0 Å². The largest absolute Gasteiger partial charge is 0.467 e. The lowest BCUT2D eigenvalue weighted by Gasteiger charge is -2.21. The highest BCUT2D eigenvalue weighted by Gasteiger charge is 2.23. The predicted molar refractivity (Wildman–Crippen MR) is 117 cm³/mol. The zero-order chi connectivity index (χ0) is 21.2. The van der Waals surface area contributed by atoms with Gasteiger partial charge in [-0.2, -0.15) is 0 Å². The van der Waals surface area contributed by atoms with Gasteiger partial charge >= 0.3 is 12.0 Å². The zero-order valence-electron chi connectivity index (χ0n) is 17.0. The summed E-state index contributed by atoms with van der Waals surface area (Å²) in [6.45, 7) is 0.402. The molecule has 0 saturated heterocycles. The summed E-state index contributed by atoms with van der Waals surface area (Å²) in [5.41, 5.74) is 3.16. The van der Waals surface area contributed by atoms with E-state index in [1.807, 2.05) is 91.0 Å². The Balaban J connectivity index is 1.67. The Morgan fingerprint density at radius 3 is 1.80 bits per heavy atom. The highest BCUT2D eigenvalue weighted by atomic mass is 16.5. The second kappa shape index (κ2) is 10.8. The topological polar surface area (TPSA) is 67.4 Å². The smallest absolute Gasteiger partial charge is 0.328 e. The minimum absolute atomic E-state index is 0.00356. The van der Waals surface area contributed by atoms with Crippen molar-refractivity contribution >= 4 is 12.0 Å². The lowest BCUT2D eigenvalue weighted by atomic mass is 9.91. The Morgan fingerprint density at radius 1 is 0.800 bits per heavy atom. The summed E-state index contributed by atoms with van der Waals surface area (Å²) in [7, 11) is 1.32. The van der Waals surface area contributed by atoms with Gasteiger partial charge in [-0.15, -0.1) is 0 Å². The van der Waals surface area contributed by atoms with Crippen LogP contribution in [0.1, 0.15) is 22.6 Å². The van der Waals surface area contributed by atoms with Crippen molar-refractivity contribution in [2.75, 3.05) is 13.7 Å². The molecule has 3 rings (SSSR count). The molecule has 2 amide bonds. The van der Waals surface area contributed by atoms with E-state index in [2.05, 4.69) is 10.6 Å². The van der Waals surface area contributed by atoms with Crippen molar-refractivity contribution in [3.63, 3.8) is 0 Å². The summed E-state index contributed by atoms with van der Waals surface area (Å²) in [4.78, 5) is 24.8. The van der Waals surface area contributed by atoms with Gasteiger partial charge in [0.25, 0.3) is 0 Å². The maximum absolute atomic E-state index is 12.6. The van der Waals surface area contributed by atoms with Crippen LogP contribution < -0.4 is 10.6 Å². The number of rotatable bonds is 8. The lowest BCUT2D eigenvalue weighted by Crippen LogP contribution is -2.48. The van der Waals surface area contributed by atoms with Crippen molar-refractivity contribution in [1.82, 2.24) is 10.6 Å². The Morgan fingerprint density at radius 2 is 1.30 bits per heavy atom. The number of esters is 1. The van der Waals surface area contributed by atoms with Crippen molar-refractivity contribution in [3.8, 4) is 0 Å². The molecule has 0 bridgehead atoms. The molecule has 2 N–H and O–H groups in total. The van der Waals surface area contributed by atoms with Crippen LogP contribution >= 0.6 is 0 Å². The van der Waals surface area contributed by atoms with Gasteiger partial charge < -0.3 is 15.4 Å². The van der Waals surface area contributed by atoms with Gasteiger partial charge in [0.1, 0.15) is 6.04 Å². The number of urea groups is 1. The van der Waals surface area contributed by atoms with E-state index in [4.69, 9.17) is 4.74 Å². The van der Waals surface area contributed by atoms with Crippen LogP contribution in [0.15, 0.2) is 91.0 Å². The average Bonchev–Trinajstić information content (AvgIpc) is 2.80. The molecule has 0 aliphatic rings. The SMILES string of the molecule is COC(=O)[C@H](Cc1ccccc1)NC(=O)NCC(c1ccccc1)c1ccccc1. The minimum atomic E-state index is -0.760. The first-order chi connectivity index (χ1) is 14.7. The number of hydrogen-bond donors (Lipinski definition) is 2. The van der Waals surface area contributed by atoms with Gasteiger partial charge in [0.2, 0.25) is 0 Å². The summed E-state index contributed by atoms with van der Waals surface area (Å²) in [6, 6.07) is 28.4. The monoisotopic (exact) mass is 402 g/mol. The van der Waals surface area contributed by atoms with E-state index in [1.165, 1.54) is 7.11 Å². The Hall–Kier alpha value is -3.60. The summed E-state index contributed by atoms with van der Waals surface area (Å²) in [5, 5.41) is 5.67. The van der Waals surface area contributed by atoms with Gasteiger partial charge in [0.15, 0.2) is 0 Å². The van der Waals surface area contributed by atoms with Crippen molar-refractivity contribution in [1.29, 1.82) is 0 Å². The van der Waals surface area contributed by atoms with Crippen LogP contribution in [-0.4, -0.2) is 31.7 Å². The number of carbonyl (C=O) groups excluding carboxylic acids is 2. The number of hydrogen-bond acceptors (Lipinski definition) is 3. The first-order valence-corrected chi connectivity index (χ1v) is 9.93. The first-order valence-electron chi connectivity index (χ1n) is 9.93. The molecule has 5 heteroatoms. The van der Waals surface area contributed by atoms with Crippen molar-refractivity contribution in [2.45, 2.75) is 18.4 Å². The van der Waals surface area contributed by atoms with E-state index in [9.17, 15) is 9.59 Å². The van der Waals surface area contributed by atoms with E-state index in [-0.39, 0.29) is 5.92 Å². The van der Waals surface area contributed by atoms with Crippen LogP contribution in [0.5, 0.6) is 0 Å². The number of amides is 2. The first kappa shape index (κ1) is 21.1. The van der Waals surface area contributed by atoms with Crippen LogP contribution in [0.4, 0.5) is 4.79 Å². The second-order valence-corrected chi connectivity index (χ2v) is 6.99. The van der Waals surface area contributed by atoms with Gasteiger partial charge in [-0.25, -0.2) is 9.59 Å². The third kappa shape index (κ3) is 5.95. The molecule has 1 atom stereocenters. The van der Waals surface area contributed by atoms with Crippen molar-refractivity contribution < 1.29 is 14.3 Å². The number of benzene rings is 3. The molecule has 0 saturated carbocycles. The fourth-order valence-corrected chi connectivity index (χ4v) is 3.39. The average molecular weight is 402 g/mol. The van der Waals surface area contributed by atoms with Gasteiger partial charge in [-0.3, -0.25) is 0 Å². The van der Waals surface area contributed by atoms with Crippen LogP contribution in [0, 0.1) is 0 Å². The van der Waals surface area contributed by atoms with Gasteiger partial charge in [-0.1, -0.05) is 91.0 Å². The number of methoxy groups -OCH3 is 1. The van der Waals surface area contributed by atoms with Crippen LogP contribution in [-0.2, 0) is 16.0 Å². The summed E-state index contributed by atoms with van der Waals surface area (Å²) in [5.74, 6) is -0.472. The molecule has 0 unspecified atom stereocenters. The molecule has 0 aliphatic heterocycles. The maximum Gasteiger partial charge on any atom is 0.328 e. The van der Waals surface area contributed by atoms with E-state index in [1.54, 1.807) is 0 Å². The van der Waals surface area contributed by atoms with Crippen LogP contribution in [0.25, 0.3) is 0 Å². The van der Waals surface area contributed by atoms with Gasteiger partial charge in [0, 0.05) is 18.9 Å². The Kier molecular flexibility index (Phi) is 7.61. The van der Waals surface area contributed by atoms with E-state index >= 15 is 0 Å². The third-order valence-electron chi connectivity index (χ3n) is 4.94. The number of nitrogens with one attached hydrogen (secondary N) is 2. The highest BCUT2D eigenvalue weighted by Crippen LogP contribution is 2.23. The molecular weight excluding hydrogens is 376 g/mol. The third-order valence-corrected chi connectivity index (χ3v) is 4.94. The molecule has 0 spiro atoms. The molecule has 3 aromatic rings.